The Morgan fingerprint density at radius 1 is 1.38 bits per heavy atom. The molecule has 0 saturated heterocycles. The molecule has 0 aliphatic heterocycles. The normalized spacial score (nSPS) is 10.7. The van der Waals surface area contributed by atoms with E-state index < -0.39 is 0 Å². The summed E-state index contributed by atoms with van der Waals surface area (Å²) in [6.45, 7) is 5.56. The van der Waals surface area contributed by atoms with Crippen LogP contribution in [-0.4, -0.2) is 17.1 Å². The third-order valence-electron chi connectivity index (χ3n) is 2.82. The number of ether oxygens (including phenoxy) is 1. The van der Waals surface area contributed by atoms with Crippen molar-refractivity contribution in [2.24, 2.45) is 0 Å². The number of amides is 1. The zero-order valence-electron chi connectivity index (χ0n) is 12.1. The van der Waals surface area contributed by atoms with Gasteiger partial charge in [-0.05, 0) is 45.0 Å². The van der Waals surface area contributed by atoms with Gasteiger partial charge in [-0.25, -0.2) is 4.39 Å². The summed E-state index contributed by atoms with van der Waals surface area (Å²) in [5, 5.41) is 6.52. The molecule has 0 unspecified atom stereocenters. The van der Waals surface area contributed by atoms with E-state index in [4.69, 9.17) is 9.26 Å². The molecule has 21 heavy (non-hydrogen) atoms. The van der Waals surface area contributed by atoms with Crippen molar-refractivity contribution < 1.29 is 18.4 Å². The Balaban J connectivity index is 2.11. The quantitative estimate of drug-likeness (QED) is 0.920. The van der Waals surface area contributed by atoms with Crippen LogP contribution in [0.3, 0.4) is 0 Å². The van der Waals surface area contributed by atoms with Crippen molar-refractivity contribution in [1.82, 2.24) is 10.5 Å². The lowest BCUT2D eigenvalue weighted by molar-refractivity contribution is 0.0932. The molecular weight excluding hydrogens is 275 g/mol. The number of nitrogens with one attached hydrogen (secondary N) is 1. The van der Waals surface area contributed by atoms with Gasteiger partial charge in [-0.15, -0.1) is 0 Å². The highest BCUT2D eigenvalue weighted by Gasteiger charge is 2.20. The fourth-order valence-corrected chi connectivity index (χ4v) is 1.76. The Hall–Kier alpha value is -2.37. The summed E-state index contributed by atoms with van der Waals surface area (Å²) in [6.07, 6.45) is 0. The highest BCUT2D eigenvalue weighted by Crippen LogP contribution is 2.18. The largest absolute Gasteiger partial charge is 0.489 e. The van der Waals surface area contributed by atoms with E-state index in [-0.39, 0.29) is 30.1 Å². The van der Waals surface area contributed by atoms with E-state index in [1.807, 2.05) is 13.8 Å². The Morgan fingerprint density at radius 2 is 2.05 bits per heavy atom. The molecule has 1 aromatic carbocycles. The summed E-state index contributed by atoms with van der Waals surface area (Å²) in [7, 11) is 0. The topological polar surface area (TPSA) is 64.4 Å². The zero-order valence-corrected chi connectivity index (χ0v) is 12.1. The van der Waals surface area contributed by atoms with Crippen LogP contribution in [0.25, 0.3) is 0 Å². The SMILES string of the molecule is Cc1onc(C(=O)NC(C)C)c1COc1ccc(F)cc1. The maximum absolute atomic E-state index is 12.8. The maximum Gasteiger partial charge on any atom is 0.274 e. The molecule has 0 saturated carbocycles. The van der Waals surface area contributed by atoms with Crippen molar-refractivity contribution in [1.29, 1.82) is 0 Å². The van der Waals surface area contributed by atoms with Gasteiger partial charge in [0.15, 0.2) is 5.69 Å². The minimum Gasteiger partial charge on any atom is -0.489 e. The molecule has 0 bridgehead atoms. The number of aryl methyl sites for hydroxylation is 1. The van der Waals surface area contributed by atoms with Crippen LogP contribution in [0, 0.1) is 12.7 Å². The van der Waals surface area contributed by atoms with Gasteiger partial charge in [0.25, 0.3) is 5.91 Å². The van der Waals surface area contributed by atoms with E-state index in [1.165, 1.54) is 24.3 Å². The zero-order chi connectivity index (χ0) is 15.4. The first-order chi connectivity index (χ1) is 9.97. The lowest BCUT2D eigenvalue weighted by atomic mass is 10.2. The molecule has 112 valence electrons. The molecule has 0 spiro atoms. The minimum atomic E-state index is -0.333. The van der Waals surface area contributed by atoms with Crippen LogP contribution in [0.1, 0.15) is 35.7 Å². The molecule has 0 aliphatic rings. The Labute approximate surface area is 122 Å². The van der Waals surface area contributed by atoms with Gasteiger partial charge in [-0.1, -0.05) is 5.16 Å². The highest BCUT2D eigenvalue weighted by molar-refractivity contribution is 5.93. The standard InChI is InChI=1S/C15H17FN2O3/c1-9(2)17-15(19)14-13(10(3)21-18-14)8-20-12-6-4-11(16)5-7-12/h4-7,9H,8H2,1-3H3,(H,17,19). The molecule has 2 rings (SSSR count). The van der Waals surface area contributed by atoms with E-state index in [2.05, 4.69) is 10.5 Å². The van der Waals surface area contributed by atoms with Crippen molar-refractivity contribution in [3.05, 3.63) is 47.1 Å². The van der Waals surface area contributed by atoms with Gasteiger partial charge >= 0.3 is 0 Å². The number of carbonyl (C=O) groups excluding carboxylic acids is 1. The average Bonchev–Trinajstić information content (AvgIpc) is 2.79. The predicted octanol–water partition coefficient (Wildman–Crippen LogP) is 2.84. The van der Waals surface area contributed by atoms with Crippen LogP contribution in [0.5, 0.6) is 5.75 Å². The number of hydrogen-bond acceptors (Lipinski definition) is 4. The number of halogens is 1. The smallest absolute Gasteiger partial charge is 0.274 e. The molecule has 2 aromatic rings. The second-order valence-electron chi connectivity index (χ2n) is 4.94. The minimum absolute atomic E-state index is 0.000345. The summed E-state index contributed by atoms with van der Waals surface area (Å²) < 4.78 is 23.4. The van der Waals surface area contributed by atoms with Gasteiger partial charge < -0.3 is 14.6 Å². The second kappa shape index (κ2) is 6.39. The van der Waals surface area contributed by atoms with Crippen LogP contribution in [0.4, 0.5) is 4.39 Å². The Bertz CT molecular complexity index is 620. The van der Waals surface area contributed by atoms with E-state index in [0.717, 1.165) is 0 Å². The van der Waals surface area contributed by atoms with Gasteiger partial charge in [-0.2, -0.15) is 0 Å². The summed E-state index contributed by atoms with van der Waals surface area (Å²) >= 11 is 0. The number of carbonyl (C=O) groups is 1. The molecule has 0 radical (unpaired) electrons. The lowest BCUT2D eigenvalue weighted by Gasteiger charge is -2.09. The van der Waals surface area contributed by atoms with E-state index in [9.17, 15) is 9.18 Å². The fraction of sp³-hybridized carbons (Fsp3) is 0.333. The van der Waals surface area contributed by atoms with Crippen LogP contribution >= 0.6 is 0 Å². The number of benzene rings is 1. The monoisotopic (exact) mass is 292 g/mol. The molecular formula is C15H17FN2O3. The van der Waals surface area contributed by atoms with Gasteiger partial charge in [0, 0.05) is 6.04 Å². The first-order valence-corrected chi connectivity index (χ1v) is 6.61. The van der Waals surface area contributed by atoms with E-state index in [0.29, 0.717) is 17.1 Å². The van der Waals surface area contributed by atoms with Crippen LogP contribution in [0.2, 0.25) is 0 Å². The molecule has 1 N–H and O–H groups in total. The van der Waals surface area contributed by atoms with Crippen molar-refractivity contribution in [2.45, 2.75) is 33.4 Å². The van der Waals surface area contributed by atoms with E-state index >= 15 is 0 Å². The van der Waals surface area contributed by atoms with Crippen molar-refractivity contribution in [2.75, 3.05) is 0 Å². The first-order valence-electron chi connectivity index (χ1n) is 6.61. The van der Waals surface area contributed by atoms with Gasteiger partial charge in [0.05, 0.1) is 5.56 Å². The molecule has 6 heteroatoms. The van der Waals surface area contributed by atoms with Crippen molar-refractivity contribution in [3.8, 4) is 5.75 Å². The summed E-state index contributed by atoms with van der Waals surface area (Å²) in [5.41, 5.74) is 0.792. The number of rotatable bonds is 5. The van der Waals surface area contributed by atoms with Crippen LogP contribution in [-0.2, 0) is 6.61 Å². The Kier molecular flexibility index (Phi) is 4.57. The molecule has 1 aromatic heterocycles. The Morgan fingerprint density at radius 3 is 2.67 bits per heavy atom. The van der Waals surface area contributed by atoms with Gasteiger partial charge in [0.1, 0.15) is 23.9 Å². The van der Waals surface area contributed by atoms with Gasteiger partial charge in [0.2, 0.25) is 0 Å². The summed E-state index contributed by atoms with van der Waals surface area (Å²) in [6, 6.07) is 5.66. The van der Waals surface area contributed by atoms with Crippen LogP contribution in [0.15, 0.2) is 28.8 Å². The number of hydrogen-bond donors (Lipinski definition) is 1. The summed E-state index contributed by atoms with van der Waals surface area (Å²) in [5.74, 6) is 0.387. The third kappa shape index (κ3) is 3.81. The maximum atomic E-state index is 12.8. The van der Waals surface area contributed by atoms with Crippen molar-refractivity contribution >= 4 is 5.91 Å². The molecule has 0 fully saturated rings. The fourth-order valence-electron chi connectivity index (χ4n) is 1.76. The first kappa shape index (κ1) is 15.0. The molecule has 1 amide bonds. The molecule has 1 heterocycles. The molecule has 0 aliphatic carbocycles. The predicted molar refractivity (Wildman–Crippen MR) is 74.6 cm³/mol. The second-order valence-corrected chi connectivity index (χ2v) is 4.94. The highest BCUT2D eigenvalue weighted by atomic mass is 19.1. The third-order valence-corrected chi connectivity index (χ3v) is 2.82. The molecule has 0 atom stereocenters. The summed E-state index contributed by atoms with van der Waals surface area (Å²) in [4.78, 5) is 12.0. The van der Waals surface area contributed by atoms with E-state index in [1.54, 1.807) is 6.92 Å². The number of aromatic nitrogens is 1. The number of nitrogens with zero attached hydrogens (tertiary/aromatic N) is 1. The molecule has 5 nitrogen and oxygen atoms in total. The van der Waals surface area contributed by atoms with Crippen molar-refractivity contribution in [3.63, 3.8) is 0 Å². The van der Waals surface area contributed by atoms with Crippen LogP contribution < -0.4 is 10.1 Å². The van der Waals surface area contributed by atoms with Gasteiger partial charge in [-0.3, -0.25) is 4.79 Å². The lowest BCUT2D eigenvalue weighted by Crippen LogP contribution is -2.31. The average molecular weight is 292 g/mol.